The van der Waals surface area contributed by atoms with Gasteiger partial charge in [0.2, 0.25) is 36.6 Å². The largest absolute Gasteiger partial charge is 0.493 e. The third-order valence-electron chi connectivity index (χ3n) is 6.51. The molecule has 1 fully saturated rings. The Morgan fingerprint density at radius 1 is 0.730 bits per heavy atom. The van der Waals surface area contributed by atoms with Crippen molar-refractivity contribution < 1.29 is 42.7 Å². The molecule has 0 atom stereocenters. The van der Waals surface area contributed by atoms with Crippen molar-refractivity contribution in [3.8, 4) is 46.0 Å². The molecule has 0 amide bonds. The van der Waals surface area contributed by atoms with E-state index in [9.17, 15) is 4.79 Å². The lowest BCUT2D eigenvalue weighted by Crippen LogP contribution is -2.37. The van der Waals surface area contributed by atoms with Gasteiger partial charge in [-0.1, -0.05) is 6.92 Å². The summed E-state index contributed by atoms with van der Waals surface area (Å²) in [6.07, 6.45) is 3.64. The summed E-state index contributed by atoms with van der Waals surface area (Å²) in [6.45, 7) is 3.91. The standard InChI is InChI=1S/C27H29NO9/c1-6-28-11-17(7-15-9-19(30-2)24-26(22(15)32-4)36-13-34-24)21(29)18(12-28)8-16-10-20(31-3)25-27(23(16)33-5)37-14-35-25/h7-10H,6,11-14H2,1-5H3/b17-7+,18-8+. The number of benzene rings is 2. The van der Waals surface area contributed by atoms with E-state index in [1.54, 1.807) is 40.6 Å². The zero-order valence-corrected chi connectivity index (χ0v) is 21.5. The molecule has 0 aromatic heterocycles. The smallest absolute Gasteiger partial charge is 0.231 e. The van der Waals surface area contributed by atoms with Gasteiger partial charge in [-0.05, 0) is 30.8 Å². The summed E-state index contributed by atoms with van der Waals surface area (Å²) in [5.74, 6) is 3.76. The van der Waals surface area contributed by atoms with Crippen LogP contribution in [0.25, 0.3) is 12.2 Å². The number of carbonyl (C=O) groups excluding carboxylic acids is 1. The number of nitrogens with zero attached hydrogens (tertiary/aromatic N) is 1. The molecule has 10 heteroatoms. The van der Waals surface area contributed by atoms with E-state index in [1.807, 2.05) is 12.2 Å². The highest BCUT2D eigenvalue weighted by atomic mass is 16.7. The minimum atomic E-state index is -0.0814. The van der Waals surface area contributed by atoms with Gasteiger partial charge in [-0.2, -0.15) is 0 Å². The van der Waals surface area contributed by atoms with Crippen molar-refractivity contribution in [2.75, 3.05) is 61.7 Å². The van der Waals surface area contributed by atoms with Crippen LogP contribution in [0.15, 0.2) is 23.3 Å². The number of hydrogen-bond acceptors (Lipinski definition) is 10. The molecule has 0 bridgehead atoms. The molecule has 2 aromatic carbocycles. The van der Waals surface area contributed by atoms with Crippen LogP contribution < -0.4 is 37.9 Å². The average Bonchev–Trinajstić information content (AvgIpc) is 3.60. The van der Waals surface area contributed by atoms with Crippen LogP contribution in [0.1, 0.15) is 18.1 Å². The van der Waals surface area contributed by atoms with Crippen molar-refractivity contribution in [2.45, 2.75) is 6.92 Å². The first-order chi connectivity index (χ1) is 18.0. The Bertz CT molecular complexity index is 1200. The Hall–Kier alpha value is -4.05. The summed E-state index contributed by atoms with van der Waals surface area (Å²) < 4.78 is 44.6. The van der Waals surface area contributed by atoms with E-state index in [4.69, 9.17) is 37.9 Å². The molecule has 10 nitrogen and oxygen atoms in total. The van der Waals surface area contributed by atoms with Crippen molar-refractivity contribution in [3.63, 3.8) is 0 Å². The number of fused-ring (bicyclic) bond motifs is 2. The van der Waals surface area contributed by atoms with Crippen molar-refractivity contribution in [1.82, 2.24) is 4.90 Å². The molecule has 5 rings (SSSR count). The first kappa shape index (κ1) is 24.6. The number of ketones is 1. The fourth-order valence-electron chi connectivity index (χ4n) is 4.71. The van der Waals surface area contributed by atoms with Gasteiger partial charge in [0.05, 0.1) is 28.4 Å². The van der Waals surface area contributed by atoms with E-state index in [2.05, 4.69) is 11.8 Å². The third-order valence-corrected chi connectivity index (χ3v) is 6.51. The van der Waals surface area contributed by atoms with Gasteiger partial charge in [0, 0.05) is 35.4 Å². The van der Waals surface area contributed by atoms with Gasteiger partial charge in [-0.3, -0.25) is 9.69 Å². The first-order valence-corrected chi connectivity index (χ1v) is 11.8. The Morgan fingerprint density at radius 3 is 1.54 bits per heavy atom. The van der Waals surface area contributed by atoms with Crippen molar-refractivity contribution >= 4 is 17.9 Å². The quantitative estimate of drug-likeness (QED) is 0.514. The molecule has 3 aliphatic rings. The van der Waals surface area contributed by atoms with Crippen molar-refractivity contribution in [3.05, 3.63) is 34.4 Å². The molecule has 0 N–H and O–H groups in total. The van der Waals surface area contributed by atoms with Crippen LogP contribution in [0.5, 0.6) is 46.0 Å². The molecule has 196 valence electrons. The van der Waals surface area contributed by atoms with E-state index in [-0.39, 0.29) is 19.4 Å². The number of hydrogen-bond donors (Lipinski definition) is 0. The number of piperidine rings is 1. The van der Waals surface area contributed by atoms with E-state index in [0.717, 1.165) is 6.54 Å². The van der Waals surface area contributed by atoms with Crippen molar-refractivity contribution in [1.29, 1.82) is 0 Å². The van der Waals surface area contributed by atoms with E-state index in [1.165, 1.54) is 0 Å². The molecule has 37 heavy (non-hydrogen) atoms. The highest BCUT2D eigenvalue weighted by molar-refractivity contribution is 6.15. The van der Waals surface area contributed by atoms with Gasteiger partial charge in [0.1, 0.15) is 0 Å². The molecule has 0 radical (unpaired) electrons. The van der Waals surface area contributed by atoms with Gasteiger partial charge in [-0.15, -0.1) is 0 Å². The molecule has 0 unspecified atom stereocenters. The molecule has 3 heterocycles. The predicted molar refractivity (Wildman–Crippen MR) is 134 cm³/mol. The molecular formula is C27H29NO9. The number of likely N-dealkylation sites (tertiary alicyclic amines) is 1. The summed E-state index contributed by atoms with van der Waals surface area (Å²) in [5, 5.41) is 0. The highest BCUT2D eigenvalue weighted by Crippen LogP contribution is 2.51. The second-order valence-corrected chi connectivity index (χ2v) is 8.50. The summed E-state index contributed by atoms with van der Waals surface area (Å²) in [6, 6.07) is 3.57. The molecule has 2 aromatic rings. The summed E-state index contributed by atoms with van der Waals surface area (Å²) in [4.78, 5) is 15.9. The maximum Gasteiger partial charge on any atom is 0.231 e. The zero-order chi connectivity index (χ0) is 26.1. The van der Waals surface area contributed by atoms with Crippen LogP contribution in [0, 0.1) is 0 Å². The number of likely N-dealkylation sites (N-methyl/N-ethyl adjacent to an activating group) is 1. The zero-order valence-electron chi connectivity index (χ0n) is 21.5. The fraction of sp³-hybridized carbons (Fsp3) is 0.370. The van der Waals surface area contributed by atoms with E-state index < -0.39 is 0 Å². The minimum Gasteiger partial charge on any atom is -0.493 e. The number of methoxy groups -OCH3 is 4. The van der Waals surface area contributed by atoms with Crippen LogP contribution in [0.3, 0.4) is 0 Å². The third kappa shape index (κ3) is 4.27. The Labute approximate surface area is 214 Å². The number of carbonyl (C=O) groups is 1. The van der Waals surface area contributed by atoms with Gasteiger partial charge in [0.15, 0.2) is 28.8 Å². The van der Waals surface area contributed by atoms with Gasteiger partial charge < -0.3 is 37.9 Å². The summed E-state index contributed by atoms with van der Waals surface area (Å²) in [5.41, 5.74) is 2.52. The molecular weight excluding hydrogens is 482 g/mol. The second-order valence-electron chi connectivity index (χ2n) is 8.50. The normalized spacial score (nSPS) is 18.5. The Kier molecular flexibility index (Phi) is 6.75. The summed E-state index contributed by atoms with van der Waals surface area (Å²) >= 11 is 0. The second kappa shape index (κ2) is 10.1. The van der Waals surface area contributed by atoms with Gasteiger partial charge in [-0.25, -0.2) is 0 Å². The minimum absolute atomic E-state index is 0.0678. The maximum atomic E-state index is 13.8. The Balaban J connectivity index is 1.59. The number of rotatable bonds is 7. The lowest BCUT2D eigenvalue weighted by atomic mass is 9.93. The SMILES string of the molecule is CCN1C/C(=C\c2cc(OC)c3c(c2OC)OCO3)C(=O)/C(=C/c2cc(OC)c3c(c2OC)OCO3)C1. The fourth-order valence-corrected chi connectivity index (χ4v) is 4.71. The topological polar surface area (TPSA) is 94.2 Å². The van der Waals surface area contributed by atoms with Crippen molar-refractivity contribution in [2.24, 2.45) is 0 Å². The number of Topliss-reactive ketones (excluding diaryl/α,β-unsaturated/α-hetero) is 1. The molecule has 0 aliphatic carbocycles. The van der Waals surface area contributed by atoms with Crippen LogP contribution in [-0.4, -0.2) is 72.3 Å². The van der Waals surface area contributed by atoms with Crippen LogP contribution in [0.4, 0.5) is 0 Å². The van der Waals surface area contributed by atoms with E-state index in [0.29, 0.717) is 81.4 Å². The Morgan fingerprint density at radius 2 is 1.16 bits per heavy atom. The van der Waals surface area contributed by atoms with Gasteiger partial charge in [0.25, 0.3) is 0 Å². The predicted octanol–water partition coefficient (Wildman–Crippen LogP) is 3.55. The lowest BCUT2D eigenvalue weighted by molar-refractivity contribution is -0.113. The van der Waals surface area contributed by atoms with E-state index >= 15 is 0 Å². The van der Waals surface area contributed by atoms with Gasteiger partial charge >= 0.3 is 0 Å². The average molecular weight is 512 g/mol. The van der Waals surface area contributed by atoms with Crippen LogP contribution in [0.2, 0.25) is 0 Å². The molecule has 0 spiro atoms. The first-order valence-electron chi connectivity index (χ1n) is 11.8. The molecule has 3 aliphatic heterocycles. The summed E-state index contributed by atoms with van der Waals surface area (Å²) in [7, 11) is 6.22. The molecule has 1 saturated heterocycles. The van der Waals surface area contributed by atoms with Crippen LogP contribution in [-0.2, 0) is 4.79 Å². The van der Waals surface area contributed by atoms with Crippen LogP contribution >= 0.6 is 0 Å². The highest BCUT2D eigenvalue weighted by Gasteiger charge is 2.31. The number of ether oxygens (including phenoxy) is 8. The monoisotopic (exact) mass is 511 g/mol. The molecule has 0 saturated carbocycles. The lowest BCUT2D eigenvalue weighted by Gasteiger charge is -2.29. The maximum absolute atomic E-state index is 13.8.